The molecule has 1 N–H and O–H groups in total. The predicted octanol–water partition coefficient (Wildman–Crippen LogP) is -0.992. The molecule has 2 heterocycles. The molecule has 3 rings (SSSR count). The number of rotatable bonds is 5. The second kappa shape index (κ2) is 7.34. The average molecular weight is 386 g/mol. The van der Waals surface area contributed by atoms with Gasteiger partial charge in [0.25, 0.3) is 5.91 Å². The van der Waals surface area contributed by atoms with Crippen molar-refractivity contribution in [2.75, 3.05) is 24.7 Å². The normalized spacial score (nSPS) is 30.2. The van der Waals surface area contributed by atoms with Gasteiger partial charge in [-0.1, -0.05) is 12.8 Å². The van der Waals surface area contributed by atoms with E-state index in [1.165, 1.54) is 0 Å². The number of hydrogen-bond acceptors (Lipinski definition) is 7. The van der Waals surface area contributed by atoms with Gasteiger partial charge < -0.3 is 10.1 Å². The summed E-state index contributed by atoms with van der Waals surface area (Å²) in [7, 11) is -3.12. The highest BCUT2D eigenvalue weighted by Gasteiger charge is 2.48. The number of fused-ring (bicyclic) bond motifs is 1. The van der Waals surface area contributed by atoms with Crippen LogP contribution >= 0.6 is 0 Å². The molecule has 1 saturated carbocycles. The first-order valence-corrected chi connectivity index (χ1v) is 10.6. The Bertz CT molecular complexity index is 709. The van der Waals surface area contributed by atoms with E-state index >= 15 is 0 Å². The summed E-state index contributed by atoms with van der Waals surface area (Å²) in [5.74, 6) is -2.87. The lowest BCUT2D eigenvalue weighted by atomic mass is 9.81. The van der Waals surface area contributed by atoms with Crippen molar-refractivity contribution in [3.8, 4) is 0 Å². The van der Waals surface area contributed by atoms with Crippen molar-refractivity contribution in [1.82, 2.24) is 10.2 Å². The first-order valence-electron chi connectivity index (χ1n) is 8.77. The highest BCUT2D eigenvalue weighted by atomic mass is 32.2. The van der Waals surface area contributed by atoms with Crippen LogP contribution in [0.5, 0.6) is 0 Å². The smallest absolute Gasteiger partial charge is 0.326 e. The minimum atomic E-state index is -3.12. The van der Waals surface area contributed by atoms with E-state index < -0.39 is 40.9 Å². The standard InChI is InChI=1S/C16H22N2O7S/c19-13(17-10-5-6-26(23,24)9-10)8-25-14(20)7-18-15(21)11-3-1-2-4-12(11)16(18)22/h10-12H,1-9H2,(H,17,19)/t10-,11+,12+/m1/s1. The molecule has 10 heteroatoms. The maximum Gasteiger partial charge on any atom is 0.326 e. The Kier molecular flexibility index (Phi) is 5.31. The molecule has 0 radical (unpaired) electrons. The van der Waals surface area contributed by atoms with Gasteiger partial charge in [0.1, 0.15) is 6.54 Å². The van der Waals surface area contributed by atoms with Gasteiger partial charge in [-0.25, -0.2) is 8.42 Å². The zero-order valence-electron chi connectivity index (χ0n) is 14.3. The number of sulfone groups is 1. The molecule has 3 fully saturated rings. The first kappa shape index (κ1) is 18.8. The summed E-state index contributed by atoms with van der Waals surface area (Å²) in [6, 6.07) is -0.476. The Morgan fingerprint density at radius 3 is 2.23 bits per heavy atom. The van der Waals surface area contributed by atoms with Crippen molar-refractivity contribution >= 4 is 33.5 Å². The summed E-state index contributed by atoms with van der Waals surface area (Å²) < 4.78 is 27.5. The summed E-state index contributed by atoms with van der Waals surface area (Å²) >= 11 is 0. The van der Waals surface area contributed by atoms with Gasteiger partial charge in [0, 0.05) is 6.04 Å². The molecule has 3 amide bonds. The molecule has 3 atom stereocenters. The second-order valence-electron chi connectivity index (χ2n) is 7.09. The monoisotopic (exact) mass is 386 g/mol. The van der Waals surface area contributed by atoms with Crippen LogP contribution in [0.3, 0.4) is 0 Å². The molecule has 144 valence electrons. The highest BCUT2D eigenvalue weighted by molar-refractivity contribution is 7.91. The molecule has 3 aliphatic rings. The van der Waals surface area contributed by atoms with Crippen LogP contribution in [0.25, 0.3) is 0 Å². The fourth-order valence-electron chi connectivity index (χ4n) is 3.89. The molecule has 2 aliphatic heterocycles. The van der Waals surface area contributed by atoms with Crippen LogP contribution in [-0.4, -0.2) is 67.7 Å². The molecule has 1 aliphatic carbocycles. The Balaban J connectivity index is 1.45. The van der Waals surface area contributed by atoms with Crippen molar-refractivity contribution in [1.29, 1.82) is 0 Å². The lowest BCUT2D eigenvalue weighted by molar-refractivity contribution is -0.155. The fraction of sp³-hybridized carbons (Fsp3) is 0.750. The third-order valence-electron chi connectivity index (χ3n) is 5.18. The van der Waals surface area contributed by atoms with Gasteiger partial charge >= 0.3 is 5.97 Å². The van der Waals surface area contributed by atoms with Crippen LogP contribution in [0.2, 0.25) is 0 Å². The largest absolute Gasteiger partial charge is 0.454 e. The third-order valence-corrected chi connectivity index (χ3v) is 6.95. The lowest BCUT2D eigenvalue weighted by Gasteiger charge is -2.19. The number of nitrogens with one attached hydrogen (secondary N) is 1. The molecule has 0 unspecified atom stereocenters. The van der Waals surface area contributed by atoms with E-state index in [0.717, 1.165) is 17.7 Å². The van der Waals surface area contributed by atoms with Crippen LogP contribution in [0.15, 0.2) is 0 Å². The molecular formula is C16H22N2O7S. The zero-order chi connectivity index (χ0) is 18.9. The third kappa shape index (κ3) is 4.05. The van der Waals surface area contributed by atoms with Gasteiger partial charge in [0.2, 0.25) is 11.8 Å². The summed E-state index contributed by atoms with van der Waals surface area (Å²) in [5.41, 5.74) is 0. The first-order chi connectivity index (χ1) is 12.3. The average Bonchev–Trinajstić information content (AvgIpc) is 3.05. The number of ether oxygens (including phenoxy) is 1. The number of likely N-dealkylation sites (tertiary alicyclic amines) is 1. The van der Waals surface area contributed by atoms with Gasteiger partial charge in [-0.15, -0.1) is 0 Å². The minimum Gasteiger partial charge on any atom is -0.454 e. The van der Waals surface area contributed by atoms with E-state index in [0.29, 0.717) is 19.3 Å². The van der Waals surface area contributed by atoms with E-state index in [1.807, 2.05) is 0 Å². The van der Waals surface area contributed by atoms with Gasteiger partial charge in [0.15, 0.2) is 16.4 Å². The molecule has 0 aromatic rings. The minimum absolute atomic E-state index is 0.0270. The quantitative estimate of drug-likeness (QED) is 0.475. The predicted molar refractivity (Wildman–Crippen MR) is 88.3 cm³/mol. The number of amides is 3. The van der Waals surface area contributed by atoms with E-state index in [2.05, 4.69) is 5.32 Å². The van der Waals surface area contributed by atoms with Crippen LogP contribution in [0.4, 0.5) is 0 Å². The van der Waals surface area contributed by atoms with Crippen LogP contribution < -0.4 is 5.32 Å². The Labute approximate surface area is 151 Å². The lowest BCUT2D eigenvalue weighted by Crippen LogP contribution is -2.40. The summed E-state index contributed by atoms with van der Waals surface area (Å²) in [6.45, 7) is -1.06. The van der Waals surface area contributed by atoms with Gasteiger partial charge in [0.05, 0.1) is 23.3 Å². The van der Waals surface area contributed by atoms with E-state index in [4.69, 9.17) is 4.74 Å². The Morgan fingerprint density at radius 2 is 1.69 bits per heavy atom. The van der Waals surface area contributed by atoms with E-state index in [9.17, 15) is 27.6 Å². The number of carbonyl (C=O) groups is 4. The highest BCUT2D eigenvalue weighted by Crippen LogP contribution is 2.37. The van der Waals surface area contributed by atoms with Gasteiger partial charge in [-0.3, -0.25) is 24.1 Å². The van der Waals surface area contributed by atoms with Gasteiger partial charge in [-0.2, -0.15) is 0 Å². The number of esters is 1. The van der Waals surface area contributed by atoms with Crippen molar-refractivity contribution in [3.05, 3.63) is 0 Å². The van der Waals surface area contributed by atoms with Crippen molar-refractivity contribution in [2.45, 2.75) is 38.1 Å². The van der Waals surface area contributed by atoms with E-state index in [1.54, 1.807) is 0 Å². The molecule has 26 heavy (non-hydrogen) atoms. The SMILES string of the molecule is O=C(COC(=O)CN1C(=O)[C@H]2CCCC[C@@H]2C1=O)N[C@@H]1CCS(=O)(=O)C1. The van der Waals surface area contributed by atoms with Crippen molar-refractivity contribution in [2.24, 2.45) is 11.8 Å². The molecule has 0 spiro atoms. The number of carbonyl (C=O) groups excluding carboxylic acids is 4. The van der Waals surface area contributed by atoms with Crippen molar-refractivity contribution < 1.29 is 32.3 Å². The molecular weight excluding hydrogens is 364 g/mol. The Morgan fingerprint density at radius 1 is 1.08 bits per heavy atom. The topological polar surface area (TPSA) is 127 Å². The fourth-order valence-corrected chi connectivity index (χ4v) is 5.56. The number of hydrogen-bond donors (Lipinski definition) is 1. The number of imide groups is 1. The molecule has 0 bridgehead atoms. The van der Waals surface area contributed by atoms with Crippen LogP contribution in [0.1, 0.15) is 32.1 Å². The maximum absolute atomic E-state index is 12.3. The molecule has 2 saturated heterocycles. The maximum atomic E-state index is 12.3. The zero-order valence-corrected chi connectivity index (χ0v) is 15.1. The Hall–Kier alpha value is -1.97. The van der Waals surface area contributed by atoms with E-state index in [-0.39, 0.29) is 35.2 Å². The molecule has 0 aromatic carbocycles. The van der Waals surface area contributed by atoms with Crippen LogP contribution in [-0.2, 0) is 33.8 Å². The summed E-state index contributed by atoms with van der Waals surface area (Å²) in [5, 5.41) is 2.50. The summed E-state index contributed by atoms with van der Waals surface area (Å²) in [6.07, 6.45) is 3.45. The summed E-state index contributed by atoms with van der Waals surface area (Å²) in [4.78, 5) is 49.1. The van der Waals surface area contributed by atoms with Crippen molar-refractivity contribution in [3.63, 3.8) is 0 Å². The molecule has 0 aromatic heterocycles. The van der Waals surface area contributed by atoms with Gasteiger partial charge in [-0.05, 0) is 19.3 Å². The van der Waals surface area contributed by atoms with Crippen LogP contribution in [0, 0.1) is 11.8 Å². The molecule has 9 nitrogen and oxygen atoms in total. The second-order valence-corrected chi connectivity index (χ2v) is 9.32. The number of nitrogens with zero attached hydrogens (tertiary/aromatic N) is 1.